The van der Waals surface area contributed by atoms with Gasteiger partial charge in [0.05, 0.1) is 23.6 Å². The lowest BCUT2D eigenvalue weighted by molar-refractivity contribution is -0.120. The van der Waals surface area contributed by atoms with E-state index in [0.717, 1.165) is 46.9 Å². The van der Waals surface area contributed by atoms with Crippen molar-refractivity contribution in [2.45, 2.75) is 19.5 Å². The summed E-state index contributed by atoms with van der Waals surface area (Å²) >= 11 is 7.52. The molecule has 0 saturated carbocycles. The first-order valence-electron chi connectivity index (χ1n) is 8.71. The highest BCUT2D eigenvalue weighted by Gasteiger charge is 2.19. The van der Waals surface area contributed by atoms with Crippen LogP contribution in [0.25, 0.3) is 0 Å². The fourth-order valence-electron chi connectivity index (χ4n) is 2.84. The van der Waals surface area contributed by atoms with Crippen LogP contribution in [-0.4, -0.2) is 50.2 Å². The molecule has 1 saturated heterocycles. The standard InChI is InChI=1S/C19H24ClN3O2S/c1-14(22(2)13-17-7-8-18(20)26-17)19(24)21-15-3-5-16(6-4-15)23-9-11-25-12-10-23/h3-8,14H,9-13H2,1-2H3,(H,21,24)/t14-/m0/s1. The van der Waals surface area contributed by atoms with Crippen LogP contribution >= 0.6 is 22.9 Å². The molecule has 5 nitrogen and oxygen atoms in total. The number of carbonyl (C=O) groups is 1. The van der Waals surface area contributed by atoms with E-state index in [4.69, 9.17) is 16.3 Å². The van der Waals surface area contributed by atoms with Gasteiger partial charge in [-0.05, 0) is 50.4 Å². The third kappa shape index (κ3) is 4.98. The predicted molar refractivity (Wildman–Crippen MR) is 108 cm³/mol. The number of ether oxygens (including phenoxy) is 1. The molecule has 1 atom stereocenters. The van der Waals surface area contributed by atoms with Gasteiger partial charge in [-0.25, -0.2) is 0 Å². The molecular weight excluding hydrogens is 370 g/mol. The number of carbonyl (C=O) groups excluding carboxylic acids is 1. The minimum absolute atomic E-state index is 0.0192. The Hall–Kier alpha value is -1.60. The number of likely N-dealkylation sites (N-methyl/N-ethyl adjacent to an activating group) is 1. The summed E-state index contributed by atoms with van der Waals surface area (Å²) in [6, 6.07) is 11.6. The van der Waals surface area contributed by atoms with Crippen LogP contribution in [0.5, 0.6) is 0 Å². The molecule has 2 heterocycles. The Bertz CT molecular complexity index is 729. The van der Waals surface area contributed by atoms with Crippen LogP contribution in [0.1, 0.15) is 11.8 Å². The highest BCUT2D eigenvalue weighted by atomic mass is 35.5. The summed E-state index contributed by atoms with van der Waals surface area (Å²) < 4.78 is 6.15. The van der Waals surface area contributed by atoms with Gasteiger partial charge in [0.1, 0.15) is 0 Å². The van der Waals surface area contributed by atoms with Crippen molar-refractivity contribution in [1.82, 2.24) is 4.90 Å². The average Bonchev–Trinajstić information content (AvgIpc) is 3.07. The Balaban J connectivity index is 1.54. The van der Waals surface area contributed by atoms with Gasteiger partial charge >= 0.3 is 0 Å². The molecule has 0 bridgehead atoms. The van der Waals surface area contributed by atoms with Gasteiger partial charge in [0.25, 0.3) is 0 Å². The quantitative estimate of drug-likeness (QED) is 0.812. The van der Waals surface area contributed by atoms with Crippen LogP contribution in [-0.2, 0) is 16.1 Å². The Morgan fingerprint density at radius 3 is 2.58 bits per heavy atom. The minimum atomic E-state index is -0.241. The summed E-state index contributed by atoms with van der Waals surface area (Å²) in [6.45, 7) is 5.94. The smallest absolute Gasteiger partial charge is 0.241 e. The van der Waals surface area contributed by atoms with Gasteiger partial charge in [-0.2, -0.15) is 0 Å². The highest BCUT2D eigenvalue weighted by Crippen LogP contribution is 2.23. The number of morpholine rings is 1. The van der Waals surface area contributed by atoms with Crippen LogP contribution in [0, 0.1) is 0 Å². The number of rotatable bonds is 6. The average molecular weight is 394 g/mol. The summed E-state index contributed by atoms with van der Waals surface area (Å²) in [4.78, 5) is 18.0. The van der Waals surface area contributed by atoms with Crippen molar-refractivity contribution in [3.8, 4) is 0 Å². The lowest BCUT2D eigenvalue weighted by Gasteiger charge is -2.29. The first-order chi connectivity index (χ1) is 12.5. The van der Waals surface area contributed by atoms with Crippen molar-refractivity contribution >= 4 is 40.2 Å². The zero-order valence-corrected chi connectivity index (χ0v) is 16.6. The van der Waals surface area contributed by atoms with Gasteiger partial charge < -0.3 is 15.0 Å². The van der Waals surface area contributed by atoms with Gasteiger partial charge in [-0.3, -0.25) is 9.69 Å². The SMILES string of the molecule is C[C@@H](C(=O)Nc1ccc(N2CCOCC2)cc1)N(C)Cc1ccc(Cl)s1. The number of nitrogens with zero attached hydrogens (tertiary/aromatic N) is 2. The Morgan fingerprint density at radius 1 is 1.27 bits per heavy atom. The highest BCUT2D eigenvalue weighted by molar-refractivity contribution is 7.16. The molecule has 7 heteroatoms. The van der Waals surface area contributed by atoms with Crippen molar-refractivity contribution in [2.24, 2.45) is 0 Å². The lowest BCUT2D eigenvalue weighted by Crippen LogP contribution is -2.39. The number of thiophene rings is 1. The first kappa shape index (κ1) is 19.2. The van der Waals surface area contributed by atoms with Crippen LogP contribution in [0.4, 0.5) is 11.4 Å². The van der Waals surface area contributed by atoms with Crippen molar-refractivity contribution < 1.29 is 9.53 Å². The van der Waals surface area contributed by atoms with Crippen LogP contribution in [0.2, 0.25) is 4.34 Å². The van der Waals surface area contributed by atoms with Gasteiger partial charge in [0.15, 0.2) is 0 Å². The maximum Gasteiger partial charge on any atom is 0.241 e. The Labute approximate surface area is 163 Å². The molecule has 1 fully saturated rings. The van der Waals surface area contributed by atoms with E-state index in [9.17, 15) is 4.79 Å². The molecule has 1 aliphatic rings. The van der Waals surface area contributed by atoms with Crippen molar-refractivity contribution in [2.75, 3.05) is 43.6 Å². The molecule has 1 aromatic heterocycles. The van der Waals surface area contributed by atoms with E-state index in [1.807, 2.05) is 55.3 Å². The summed E-state index contributed by atoms with van der Waals surface area (Å²) in [6.07, 6.45) is 0. The topological polar surface area (TPSA) is 44.8 Å². The van der Waals surface area contributed by atoms with Gasteiger partial charge in [0, 0.05) is 35.9 Å². The van der Waals surface area contributed by atoms with Crippen LogP contribution in [0.3, 0.4) is 0 Å². The number of amides is 1. The third-order valence-corrected chi connectivity index (χ3v) is 5.80. The van der Waals surface area contributed by atoms with Gasteiger partial charge in [0.2, 0.25) is 5.91 Å². The van der Waals surface area contributed by atoms with Gasteiger partial charge in [-0.15, -0.1) is 11.3 Å². The van der Waals surface area contributed by atoms with E-state index in [1.165, 1.54) is 0 Å². The van der Waals surface area contributed by atoms with E-state index in [0.29, 0.717) is 6.54 Å². The maximum atomic E-state index is 12.5. The monoisotopic (exact) mass is 393 g/mol. The first-order valence-corrected chi connectivity index (χ1v) is 9.90. The van der Waals surface area contributed by atoms with Crippen molar-refractivity contribution in [3.63, 3.8) is 0 Å². The maximum absolute atomic E-state index is 12.5. The van der Waals surface area contributed by atoms with E-state index in [2.05, 4.69) is 10.2 Å². The van der Waals surface area contributed by atoms with E-state index >= 15 is 0 Å². The zero-order chi connectivity index (χ0) is 18.5. The van der Waals surface area contributed by atoms with Gasteiger partial charge in [-0.1, -0.05) is 11.6 Å². The molecule has 0 unspecified atom stereocenters. The molecule has 1 amide bonds. The fraction of sp³-hybridized carbons (Fsp3) is 0.421. The summed E-state index contributed by atoms with van der Waals surface area (Å²) in [5.74, 6) is -0.0192. The second kappa shape index (κ2) is 8.86. The number of hydrogen-bond donors (Lipinski definition) is 1. The second-order valence-electron chi connectivity index (χ2n) is 6.43. The molecule has 1 aromatic carbocycles. The Morgan fingerprint density at radius 2 is 1.96 bits per heavy atom. The zero-order valence-electron chi connectivity index (χ0n) is 15.1. The number of benzene rings is 1. The molecule has 0 radical (unpaired) electrons. The molecule has 140 valence electrons. The summed E-state index contributed by atoms with van der Waals surface area (Å²) in [5.41, 5.74) is 1.97. The summed E-state index contributed by atoms with van der Waals surface area (Å²) in [5, 5.41) is 3.00. The molecule has 0 spiro atoms. The van der Waals surface area contributed by atoms with Crippen LogP contribution in [0.15, 0.2) is 36.4 Å². The van der Waals surface area contributed by atoms with Crippen LogP contribution < -0.4 is 10.2 Å². The van der Waals surface area contributed by atoms with Crippen molar-refractivity contribution in [1.29, 1.82) is 0 Å². The third-order valence-electron chi connectivity index (χ3n) is 4.59. The summed E-state index contributed by atoms with van der Waals surface area (Å²) in [7, 11) is 1.94. The fourth-order valence-corrected chi connectivity index (χ4v) is 3.99. The molecule has 0 aliphatic carbocycles. The molecule has 1 aliphatic heterocycles. The van der Waals surface area contributed by atoms with E-state index in [-0.39, 0.29) is 11.9 Å². The molecule has 1 N–H and O–H groups in total. The Kier molecular flexibility index (Phi) is 6.53. The van der Waals surface area contributed by atoms with E-state index < -0.39 is 0 Å². The van der Waals surface area contributed by atoms with E-state index in [1.54, 1.807) is 11.3 Å². The number of anilines is 2. The number of hydrogen-bond acceptors (Lipinski definition) is 5. The molecule has 3 rings (SSSR count). The normalized spacial score (nSPS) is 15.9. The lowest BCUT2D eigenvalue weighted by atomic mass is 10.2. The second-order valence-corrected chi connectivity index (χ2v) is 8.23. The predicted octanol–water partition coefficient (Wildman–Crippen LogP) is 3.70. The molecular formula is C19H24ClN3O2S. The number of nitrogens with one attached hydrogen (secondary N) is 1. The molecule has 26 heavy (non-hydrogen) atoms. The minimum Gasteiger partial charge on any atom is -0.378 e. The number of halogens is 1. The largest absolute Gasteiger partial charge is 0.378 e. The van der Waals surface area contributed by atoms with Crippen molar-refractivity contribution in [3.05, 3.63) is 45.6 Å². The molecule has 2 aromatic rings.